The van der Waals surface area contributed by atoms with Crippen molar-refractivity contribution in [3.8, 4) is 16.8 Å². The number of aromatic carboxylic acids is 1. The van der Waals surface area contributed by atoms with Crippen LogP contribution in [-0.4, -0.2) is 33.6 Å². The molecule has 1 aliphatic carbocycles. The molecular formula is C26H18F3N3O4. The monoisotopic (exact) mass is 493 g/mol. The molecule has 0 unspecified atom stereocenters. The van der Waals surface area contributed by atoms with Gasteiger partial charge < -0.3 is 9.84 Å². The summed E-state index contributed by atoms with van der Waals surface area (Å²) in [5.41, 5.74) is 1.93. The Bertz CT molecular complexity index is 1430. The molecule has 0 radical (unpaired) electrons. The van der Waals surface area contributed by atoms with Crippen LogP contribution in [0, 0.1) is 0 Å². The predicted octanol–water partition coefficient (Wildman–Crippen LogP) is 5.95. The second kappa shape index (κ2) is 8.88. The number of halogens is 3. The number of carboxylic acids is 1. The molecule has 4 aromatic rings. The number of alkyl halides is 3. The highest BCUT2D eigenvalue weighted by Crippen LogP contribution is 2.44. The van der Waals surface area contributed by atoms with Gasteiger partial charge in [-0.25, -0.2) is 14.3 Å². The Morgan fingerprint density at radius 2 is 1.61 bits per heavy atom. The van der Waals surface area contributed by atoms with Crippen LogP contribution in [0.15, 0.2) is 79.0 Å². The second-order valence-corrected chi connectivity index (χ2v) is 8.12. The fourth-order valence-corrected chi connectivity index (χ4v) is 4.44. The lowest BCUT2D eigenvalue weighted by molar-refractivity contribution is -0.143. The van der Waals surface area contributed by atoms with Crippen molar-refractivity contribution in [3.05, 3.63) is 101 Å². The van der Waals surface area contributed by atoms with Crippen LogP contribution in [0.1, 0.15) is 33.1 Å². The van der Waals surface area contributed by atoms with Crippen molar-refractivity contribution in [2.24, 2.45) is 0 Å². The Balaban J connectivity index is 1.33. The average Bonchev–Trinajstić information content (AvgIpc) is 3.44. The van der Waals surface area contributed by atoms with Crippen LogP contribution in [0.4, 0.5) is 23.7 Å². The number of aromatic nitrogens is 2. The highest BCUT2D eigenvalue weighted by molar-refractivity contribution is 5.89. The Morgan fingerprint density at radius 1 is 0.972 bits per heavy atom. The summed E-state index contributed by atoms with van der Waals surface area (Å²) in [6.07, 6.45) is -5.10. The zero-order valence-corrected chi connectivity index (χ0v) is 18.5. The van der Waals surface area contributed by atoms with Crippen LogP contribution in [0.5, 0.6) is 0 Å². The summed E-state index contributed by atoms with van der Waals surface area (Å²) in [6, 6.07) is 21.2. The Morgan fingerprint density at radius 3 is 2.22 bits per heavy atom. The molecule has 5 rings (SSSR count). The third kappa shape index (κ3) is 4.17. The molecule has 182 valence electrons. The normalized spacial score (nSPS) is 12.6. The van der Waals surface area contributed by atoms with Crippen molar-refractivity contribution in [2.45, 2.75) is 12.1 Å². The molecule has 10 heteroatoms. The molecule has 1 aliphatic rings. The Labute approximate surface area is 202 Å². The van der Waals surface area contributed by atoms with Gasteiger partial charge in [-0.2, -0.15) is 18.3 Å². The molecule has 0 saturated heterocycles. The van der Waals surface area contributed by atoms with E-state index in [0.29, 0.717) is 10.9 Å². The highest BCUT2D eigenvalue weighted by Gasteiger charge is 2.40. The van der Waals surface area contributed by atoms with Gasteiger partial charge in [0.1, 0.15) is 12.2 Å². The fraction of sp³-hybridized carbons (Fsp3) is 0.115. The molecule has 0 fully saturated rings. The number of carboxylic acid groups (broad SMARTS) is 1. The Kier molecular flexibility index (Phi) is 5.71. The molecule has 2 N–H and O–H groups in total. The van der Waals surface area contributed by atoms with Gasteiger partial charge in [-0.05, 0) is 40.5 Å². The first-order valence-corrected chi connectivity index (χ1v) is 10.8. The minimum absolute atomic E-state index is 0.0684. The van der Waals surface area contributed by atoms with Crippen LogP contribution in [0.3, 0.4) is 0 Å². The number of ether oxygens (including phenoxy) is 1. The standard InChI is InChI=1S/C26H18F3N3O4/c27-26(28,29)23-21(24(33)34)13-30-32(23)16-7-5-6-15(12-16)31-25(35)36-14-22-19-10-3-1-8-17(19)18-9-2-4-11-20(18)22/h1-13,22H,14H2,(H,31,35)(H,33,34). The summed E-state index contributed by atoms with van der Waals surface area (Å²) in [5, 5.41) is 15.2. The molecule has 7 nitrogen and oxygen atoms in total. The molecule has 0 spiro atoms. The summed E-state index contributed by atoms with van der Waals surface area (Å²) in [5.74, 6) is -1.90. The zero-order chi connectivity index (χ0) is 25.4. The molecule has 0 bridgehead atoms. The molecule has 1 aromatic heterocycles. The molecular weight excluding hydrogens is 475 g/mol. The van der Waals surface area contributed by atoms with E-state index >= 15 is 0 Å². The van der Waals surface area contributed by atoms with E-state index in [1.807, 2.05) is 48.5 Å². The molecule has 3 aromatic carbocycles. The number of carbonyl (C=O) groups is 2. The van der Waals surface area contributed by atoms with Crippen molar-refractivity contribution in [1.29, 1.82) is 0 Å². The lowest BCUT2D eigenvalue weighted by Crippen LogP contribution is -2.19. The maximum atomic E-state index is 13.5. The SMILES string of the molecule is O=C(Nc1cccc(-n2ncc(C(=O)O)c2C(F)(F)F)c1)OCC1c2ccccc2-c2ccccc21. The first-order chi connectivity index (χ1) is 17.2. The van der Waals surface area contributed by atoms with Crippen LogP contribution >= 0.6 is 0 Å². The largest absolute Gasteiger partial charge is 0.478 e. The minimum Gasteiger partial charge on any atom is -0.478 e. The molecule has 0 saturated carbocycles. The number of hydrogen-bond acceptors (Lipinski definition) is 4. The third-order valence-corrected chi connectivity index (χ3v) is 5.95. The summed E-state index contributed by atoms with van der Waals surface area (Å²) in [6.45, 7) is 0.0684. The number of rotatable bonds is 5. The summed E-state index contributed by atoms with van der Waals surface area (Å²) in [4.78, 5) is 23.8. The van der Waals surface area contributed by atoms with E-state index in [0.717, 1.165) is 22.3 Å². The van der Waals surface area contributed by atoms with Crippen molar-refractivity contribution in [1.82, 2.24) is 9.78 Å². The summed E-state index contributed by atoms with van der Waals surface area (Å²) >= 11 is 0. The quantitative estimate of drug-likeness (QED) is 0.358. The van der Waals surface area contributed by atoms with E-state index in [9.17, 15) is 22.8 Å². The second-order valence-electron chi connectivity index (χ2n) is 8.12. The van der Waals surface area contributed by atoms with E-state index in [4.69, 9.17) is 9.84 Å². The number of fused-ring (bicyclic) bond motifs is 3. The maximum absolute atomic E-state index is 13.5. The number of carbonyl (C=O) groups excluding carboxylic acids is 1. The number of nitrogens with zero attached hydrogens (tertiary/aromatic N) is 2. The lowest BCUT2D eigenvalue weighted by atomic mass is 9.98. The fourth-order valence-electron chi connectivity index (χ4n) is 4.44. The number of anilines is 1. The van der Waals surface area contributed by atoms with Crippen molar-refractivity contribution >= 4 is 17.7 Å². The smallest absolute Gasteiger partial charge is 0.434 e. The maximum Gasteiger partial charge on any atom is 0.434 e. The number of nitrogens with one attached hydrogen (secondary N) is 1. The predicted molar refractivity (Wildman–Crippen MR) is 124 cm³/mol. The van der Waals surface area contributed by atoms with Gasteiger partial charge in [0.25, 0.3) is 0 Å². The molecule has 36 heavy (non-hydrogen) atoms. The van der Waals surface area contributed by atoms with Gasteiger partial charge in [-0.1, -0.05) is 54.6 Å². The summed E-state index contributed by atoms with van der Waals surface area (Å²) in [7, 11) is 0. The van der Waals surface area contributed by atoms with Crippen LogP contribution in [-0.2, 0) is 10.9 Å². The Hall–Kier alpha value is -4.60. The molecule has 0 atom stereocenters. The van der Waals surface area contributed by atoms with Crippen molar-refractivity contribution < 1.29 is 32.6 Å². The zero-order valence-electron chi connectivity index (χ0n) is 18.5. The highest BCUT2D eigenvalue weighted by atomic mass is 19.4. The van der Waals surface area contributed by atoms with E-state index in [2.05, 4.69) is 10.4 Å². The number of hydrogen-bond donors (Lipinski definition) is 2. The molecule has 1 amide bonds. The molecule has 0 aliphatic heterocycles. The van der Waals surface area contributed by atoms with E-state index in [-0.39, 0.29) is 23.9 Å². The van der Waals surface area contributed by atoms with Crippen LogP contribution in [0.25, 0.3) is 16.8 Å². The van der Waals surface area contributed by atoms with Gasteiger partial charge in [0.15, 0.2) is 5.69 Å². The third-order valence-electron chi connectivity index (χ3n) is 5.95. The first-order valence-electron chi connectivity index (χ1n) is 10.8. The first kappa shape index (κ1) is 23.2. The van der Waals surface area contributed by atoms with Crippen molar-refractivity contribution in [3.63, 3.8) is 0 Å². The van der Waals surface area contributed by atoms with Crippen LogP contribution in [0.2, 0.25) is 0 Å². The van der Waals surface area contributed by atoms with E-state index in [1.54, 1.807) is 0 Å². The topological polar surface area (TPSA) is 93.5 Å². The van der Waals surface area contributed by atoms with Crippen LogP contribution < -0.4 is 5.32 Å². The van der Waals surface area contributed by atoms with E-state index < -0.39 is 29.5 Å². The summed E-state index contributed by atoms with van der Waals surface area (Å²) < 4.78 is 46.6. The number of amides is 1. The van der Waals surface area contributed by atoms with Gasteiger partial charge in [0, 0.05) is 11.6 Å². The van der Waals surface area contributed by atoms with Gasteiger partial charge in [0.2, 0.25) is 0 Å². The van der Waals surface area contributed by atoms with Gasteiger partial charge in [-0.15, -0.1) is 0 Å². The molecule has 1 heterocycles. The average molecular weight is 493 g/mol. The van der Waals surface area contributed by atoms with Gasteiger partial charge >= 0.3 is 18.2 Å². The number of benzene rings is 3. The minimum atomic E-state index is -4.96. The van der Waals surface area contributed by atoms with Crippen molar-refractivity contribution in [2.75, 3.05) is 11.9 Å². The van der Waals surface area contributed by atoms with Gasteiger partial charge in [-0.3, -0.25) is 5.32 Å². The van der Waals surface area contributed by atoms with Gasteiger partial charge in [0.05, 0.1) is 11.9 Å². The van der Waals surface area contributed by atoms with E-state index in [1.165, 1.54) is 24.3 Å². The lowest BCUT2D eigenvalue weighted by Gasteiger charge is -2.15.